The number of carbonyl (C=O) groups is 2. The summed E-state index contributed by atoms with van der Waals surface area (Å²) in [5.41, 5.74) is 1.39. The predicted octanol–water partition coefficient (Wildman–Crippen LogP) is 3.64. The van der Waals surface area contributed by atoms with Crippen molar-refractivity contribution in [3.8, 4) is 5.69 Å². The Morgan fingerprint density at radius 3 is 2.48 bits per heavy atom. The number of likely N-dealkylation sites (tertiary alicyclic amines) is 1. The number of halogens is 1. The van der Waals surface area contributed by atoms with E-state index in [2.05, 4.69) is 12.0 Å². The number of benzene rings is 1. The van der Waals surface area contributed by atoms with Crippen LogP contribution in [-0.2, 0) is 9.53 Å². The summed E-state index contributed by atoms with van der Waals surface area (Å²) in [4.78, 5) is 27.0. The van der Waals surface area contributed by atoms with Crippen molar-refractivity contribution < 1.29 is 14.3 Å². The van der Waals surface area contributed by atoms with Gasteiger partial charge < -0.3 is 9.64 Å². The van der Waals surface area contributed by atoms with Gasteiger partial charge in [-0.1, -0.05) is 36.7 Å². The first-order valence-electron chi connectivity index (χ1n) is 9.18. The van der Waals surface area contributed by atoms with Crippen molar-refractivity contribution in [2.24, 2.45) is 5.92 Å². The molecule has 3 rings (SSSR count). The second-order valence-electron chi connectivity index (χ2n) is 7.05. The zero-order chi connectivity index (χ0) is 19.6. The average molecular weight is 390 g/mol. The number of hydrogen-bond donors (Lipinski definition) is 0. The maximum absolute atomic E-state index is 12.6. The van der Waals surface area contributed by atoms with E-state index < -0.39 is 12.1 Å². The van der Waals surface area contributed by atoms with Gasteiger partial charge in [-0.25, -0.2) is 9.48 Å². The Hall–Kier alpha value is -2.34. The Bertz CT molecular complexity index is 826. The van der Waals surface area contributed by atoms with Crippen LogP contribution in [0, 0.1) is 12.8 Å². The number of para-hydroxylation sites is 1. The molecule has 0 spiro atoms. The minimum absolute atomic E-state index is 0.167. The normalized spacial score (nSPS) is 16.2. The second-order valence-corrected chi connectivity index (χ2v) is 7.41. The van der Waals surface area contributed by atoms with Crippen molar-refractivity contribution in [2.45, 2.75) is 39.7 Å². The highest BCUT2D eigenvalue weighted by Crippen LogP contribution is 2.25. The molecule has 1 aliphatic rings. The van der Waals surface area contributed by atoms with Crippen LogP contribution < -0.4 is 0 Å². The van der Waals surface area contributed by atoms with Gasteiger partial charge in [0.15, 0.2) is 6.10 Å². The lowest BCUT2D eigenvalue weighted by molar-refractivity contribution is -0.141. The molecule has 0 unspecified atom stereocenters. The maximum atomic E-state index is 12.6. The van der Waals surface area contributed by atoms with E-state index in [1.807, 2.05) is 30.3 Å². The molecule has 1 fully saturated rings. The SMILES string of the molecule is Cc1nn(-c2ccccc2)c(Cl)c1C(=O)O[C@@H](C)C(=O)N1CCC(C)CC1. The number of amides is 1. The molecule has 2 heterocycles. The van der Waals surface area contributed by atoms with E-state index in [1.54, 1.807) is 18.7 Å². The standard InChI is InChI=1S/C20H24ClN3O3/c1-13-9-11-23(12-10-13)19(25)15(3)27-20(26)17-14(2)22-24(18(17)21)16-7-5-4-6-8-16/h4-8,13,15H,9-12H2,1-3H3/t15-/m0/s1. The van der Waals surface area contributed by atoms with Gasteiger partial charge in [0.05, 0.1) is 11.4 Å². The highest BCUT2D eigenvalue weighted by molar-refractivity contribution is 6.33. The van der Waals surface area contributed by atoms with Crippen LogP contribution in [0.2, 0.25) is 5.15 Å². The van der Waals surface area contributed by atoms with Crippen LogP contribution >= 0.6 is 11.6 Å². The summed E-state index contributed by atoms with van der Waals surface area (Å²) >= 11 is 6.39. The number of esters is 1. The molecule has 7 heteroatoms. The molecule has 0 radical (unpaired) electrons. The summed E-state index contributed by atoms with van der Waals surface area (Å²) in [6, 6.07) is 9.30. The summed E-state index contributed by atoms with van der Waals surface area (Å²) in [6.45, 7) is 6.88. The fraction of sp³-hybridized carbons (Fsp3) is 0.450. The molecule has 27 heavy (non-hydrogen) atoms. The van der Waals surface area contributed by atoms with Gasteiger partial charge in [0.2, 0.25) is 0 Å². The molecule has 0 N–H and O–H groups in total. The number of carbonyl (C=O) groups excluding carboxylic acids is 2. The lowest BCUT2D eigenvalue weighted by atomic mass is 9.99. The summed E-state index contributed by atoms with van der Waals surface area (Å²) in [7, 11) is 0. The zero-order valence-corrected chi connectivity index (χ0v) is 16.6. The quantitative estimate of drug-likeness (QED) is 0.749. The van der Waals surface area contributed by atoms with E-state index in [1.165, 1.54) is 4.68 Å². The van der Waals surface area contributed by atoms with E-state index in [4.69, 9.17) is 16.3 Å². The molecule has 0 saturated carbocycles. The monoisotopic (exact) mass is 389 g/mol. The van der Waals surface area contributed by atoms with Crippen molar-refractivity contribution in [3.63, 3.8) is 0 Å². The smallest absolute Gasteiger partial charge is 0.344 e. The minimum Gasteiger partial charge on any atom is -0.449 e. The van der Waals surface area contributed by atoms with Crippen LogP contribution in [0.4, 0.5) is 0 Å². The Kier molecular flexibility index (Phi) is 5.85. The molecule has 1 aromatic carbocycles. The fourth-order valence-corrected chi connectivity index (χ4v) is 3.58. The van der Waals surface area contributed by atoms with E-state index in [-0.39, 0.29) is 16.6 Å². The lowest BCUT2D eigenvalue weighted by Gasteiger charge is -2.31. The Morgan fingerprint density at radius 1 is 1.22 bits per heavy atom. The van der Waals surface area contributed by atoms with Crippen molar-refractivity contribution >= 4 is 23.5 Å². The number of hydrogen-bond acceptors (Lipinski definition) is 4. The van der Waals surface area contributed by atoms with Gasteiger partial charge in [0, 0.05) is 13.1 Å². The second kappa shape index (κ2) is 8.13. The first kappa shape index (κ1) is 19.4. The number of nitrogens with zero attached hydrogens (tertiary/aromatic N) is 3. The molecular weight excluding hydrogens is 366 g/mol. The first-order valence-corrected chi connectivity index (χ1v) is 9.56. The number of piperidine rings is 1. The molecule has 144 valence electrons. The van der Waals surface area contributed by atoms with Gasteiger partial charge in [-0.15, -0.1) is 0 Å². The predicted molar refractivity (Wildman–Crippen MR) is 103 cm³/mol. The molecule has 6 nitrogen and oxygen atoms in total. The van der Waals surface area contributed by atoms with Crippen molar-refractivity contribution in [3.05, 3.63) is 46.7 Å². The summed E-state index contributed by atoms with van der Waals surface area (Å²) in [6.07, 6.45) is 1.09. The van der Waals surface area contributed by atoms with E-state index in [9.17, 15) is 9.59 Å². The van der Waals surface area contributed by atoms with Crippen LogP contribution in [0.3, 0.4) is 0 Å². The van der Waals surface area contributed by atoms with Crippen LogP contribution in [0.5, 0.6) is 0 Å². The van der Waals surface area contributed by atoms with Gasteiger partial charge >= 0.3 is 5.97 Å². The Labute approximate surface area is 164 Å². The maximum Gasteiger partial charge on any atom is 0.344 e. The van der Waals surface area contributed by atoms with Crippen molar-refractivity contribution in [1.29, 1.82) is 0 Å². The van der Waals surface area contributed by atoms with Gasteiger partial charge in [-0.3, -0.25) is 4.79 Å². The van der Waals surface area contributed by atoms with Crippen molar-refractivity contribution in [1.82, 2.24) is 14.7 Å². The Balaban J connectivity index is 1.73. The molecule has 1 aromatic heterocycles. The van der Waals surface area contributed by atoms with Crippen LogP contribution in [-0.4, -0.2) is 45.8 Å². The number of aromatic nitrogens is 2. The van der Waals surface area contributed by atoms with Crippen LogP contribution in [0.1, 0.15) is 42.7 Å². The van der Waals surface area contributed by atoms with E-state index in [0.29, 0.717) is 24.7 Å². The third-order valence-electron chi connectivity index (χ3n) is 4.94. The first-order chi connectivity index (χ1) is 12.9. The number of rotatable bonds is 4. The number of aryl methyl sites for hydroxylation is 1. The fourth-order valence-electron chi connectivity index (χ4n) is 3.23. The molecule has 1 atom stereocenters. The lowest BCUT2D eigenvalue weighted by Crippen LogP contribution is -2.44. The molecule has 1 saturated heterocycles. The molecule has 0 bridgehead atoms. The zero-order valence-electron chi connectivity index (χ0n) is 15.8. The molecule has 0 aliphatic carbocycles. The highest BCUT2D eigenvalue weighted by Gasteiger charge is 2.29. The summed E-state index contributed by atoms with van der Waals surface area (Å²) in [5, 5.41) is 4.52. The molecule has 1 aliphatic heterocycles. The topological polar surface area (TPSA) is 64.4 Å². The van der Waals surface area contributed by atoms with Gasteiger partial charge in [-0.05, 0) is 44.7 Å². The largest absolute Gasteiger partial charge is 0.449 e. The highest BCUT2D eigenvalue weighted by atomic mass is 35.5. The van der Waals surface area contributed by atoms with Gasteiger partial charge in [0.1, 0.15) is 10.7 Å². The molecule has 2 aromatic rings. The van der Waals surface area contributed by atoms with E-state index in [0.717, 1.165) is 18.5 Å². The third-order valence-corrected chi connectivity index (χ3v) is 5.28. The van der Waals surface area contributed by atoms with Gasteiger partial charge in [-0.2, -0.15) is 5.10 Å². The summed E-state index contributed by atoms with van der Waals surface area (Å²) < 4.78 is 6.91. The molecule has 1 amide bonds. The van der Waals surface area contributed by atoms with Gasteiger partial charge in [0.25, 0.3) is 5.91 Å². The number of ether oxygens (including phenoxy) is 1. The van der Waals surface area contributed by atoms with Crippen LogP contribution in [0.25, 0.3) is 5.69 Å². The molecular formula is C20H24ClN3O3. The van der Waals surface area contributed by atoms with Crippen molar-refractivity contribution in [2.75, 3.05) is 13.1 Å². The van der Waals surface area contributed by atoms with E-state index >= 15 is 0 Å². The average Bonchev–Trinajstić information content (AvgIpc) is 2.96. The third kappa shape index (κ3) is 4.16. The minimum atomic E-state index is -0.860. The summed E-state index contributed by atoms with van der Waals surface area (Å²) in [5.74, 6) is -0.178. The Morgan fingerprint density at radius 2 is 1.85 bits per heavy atom. The van der Waals surface area contributed by atoms with Crippen LogP contribution in [0.15, 0.2) is 30.3 Å².